The van der Waals surface area contributed by atoms with Crippen molar-refractivity contribution in [2.45, 2.75) is 20.0 Å². The van der Waals surface area contributed by atoms with Gasteiger partial charge in [0.1, 0.15) is 5.56 Å². The minimum atomic E-state index is -0.959. The summed E-state index contributed by atoms with van der Waals surface area (Å²) in [6.45, 7) is 6.65. The molecule has 0 spiro atoms. The van der Waals surface area contributed by atoms with Crippen LogP contribution in [-0.4, -0.2) is 60.4 Å². The summed E-state index contributed by atoms with van der Waals surface area (Å²) in [4.78, 5) is 17.7. The molecule has 110 valence electrons. The van der Waals surface area contributed by atoms with Gasteiger partial charge >= 0.3 is 5.97 Å². The number of nitrogens with one attached hydrogen (secondary N) is 1. The maximum atomic E-state index is 11.3. The molecule has 2 N–H and O–H groups in total. The Labute approximate surface area is 118 Å². The number of carboxylic acid groups (broad SMARTS) is 1. The smallest absolute Gasteiger partial charge is 0.339 e. The summed E-state index contributed by atoms with van der Waals surface area (Å²) in [7, 11) is 2.05. The van der Waals surface area contributed by atoms with Gasteiger partial charge in [-0.2, -0.15) is 0 Å². The third-order valence-corrected chi connectivity index (χ3v) is 3.40. The molecule has 0 bridgehead atoms. The lowest BCUT2D eigenvalue weighted by Gasteiger charge is -2.30. The zero-order chi connectivity index (χ0) is 14.7. The predicted octanol–water partition coefficient (Wildman–Crippen LogP) is 1.14. The van der Waals surface area contributed by atoms with Crippen molar-refractivity contribution in [1.82, 2.24) is 9.88 Å². The molecule has 2 heterocycles. The number of pyridine rings is 1. The molecule has 0 radical (unpaired) electrons. The summed E-state index contributed by atoms with van der Waals surface area (Å²) < 4.78 is 5.66. The second kappa shape index (κ2) is 6.19. The number of nitrogens with zero attached hydrogens (tertiary/aromatic N) is 2. The molecular weight excluding hydrogens is 258 g/mol. The number of morpholine rings is 1. The SMILES string of the molecule is Cc1cc(NCC2CN(C)CCO2)c(C(=O)O)c(C)n1. The fourth-order valence-electron chi connectivity index (χ4n) is 2.45. The van der Waals surface area contributed by atoms with Crippen molar-refractivity contribution < 1.29 is 14.6 Å². The van der Waals surface area contributed by atoms with Gasteiger partial charge in [-0.25, -0.2) is 4.79 Å². The van der Waals surface area contributed by atoms with E-state index in [1.165, 1.54) is 0 Å². The highest BCUT2D eigenvalue weighted by Crippen LogP contribution is 2.20. The van der Waals surface area contributed by atoms with Gasteiger partial charge in [0, 0.05) is 25.3 Å². The van der Waals surface area contributed by atoms with E-state index in [-0.39, 0.29) is 11.7 Å². The molecule has 1 aliphatic heterocycles. The second-order valence-electron chi connectivity index (χ2n) is 5.21. The Kier molecular flexibility index (Phi) is 4.57. The molecule has 6 nitrogen and oxygen atoms in total. The molecule has 1 unspecified atom stereocenters. The average molecular weight is 279 g/mol. The Bertz CT molecular complexity index is 505. The molecule has 0 aromatic carbocycles. The number of aromatic nitrogens is 1. The number of carboxylic acids is 1. The normalized spacial score (nSPS) is 19.9. The van der Waals surface area contributed by atoms with Gasteiger partial charge in [0.2, 0.25) is 0 Å². The molecule has 0 aliphatic carbocycles. The highest BCUT2D eigenvalue weighted by atomic mass is 16.5. The van der Waals surface area contributed by atoms with Crippen LogP contribution in [0.3, 0.4) is 0 Å². The molecular formula is C14H21N3O3. The fraction of sp³-hybridized carbons (Fsp3) is 0.571. The highest BCUT2D eigenvalue weighted by molar-refractivity contribution is 5.95. The third kappa shape index (κ3) is 3.46. The number of aromatic carboxylic acids is 1. The molecule has 1 aliphatic rings. The van der Waals surface area contributed by atoms with Crippen LogP contribution in [0, 0.1) is 13.8 Å². The lowest BCUT2D eigenvalue weighted by atomic mass is 10.1. The van der Waals surface area contributed by atoms with E-state index >= 15 is 0 Å². The summed E-state index contributed by atoms with van der Waals surface area (Å²) in [5.41, 5.74) is 2.18. The molecule has 1 aromatic rings. The number of hydrogen-bond donors (Lipinski definition) is 2. The minimum Gasteiger partial charge on any atom is -0.478 e. The van der Waals surface area contributed by atoms with Gasteiger partial charge in [-0.1, -0.05) is 0 Å². The van der Waals surface area contributed by atoms with E-state index in [4.69, 9.17) is 4.74 Å². The number of aryl methyl sites for hydroxylation is 2. The number of carbonyl (C=O) groups is 1. The lowest BCUT2D eigenvalue weighted by Crippen LogP contribution is -2.43. The van der Waals surface area contributed by atoms with Crippen molar-refractivity contribution in [2.24, 2.45) is 0 Å². The van der Waals surface area contributed by atoms with Crippen LogP contribution in [0.4, 0.5) is 5.69 Å². The van der Waals surface area contributed by atoms with Crippen LogP contribution in [0.25, 0.3) is 0 Å². The molecule has 1 fully saturated rings. The first-order valence-corrected chi connectivity index (χ1v) is 6.73. The standard InChI is InChI=1S/C14H21N3O3/c1-9-6-12(13(14(18)19)10(2)16-9)15-7-11-8-17(3)4-5-20-11/h6,11H,4-5,7-8H2,1-3H3,(H,15,16)(H,18,19). The van der Waals surface area contributed by atoms with Crippen molar-refractivity contribution in [2.75, 3.05) is 38.6 Å². The molecule has 1 atom stereocenters. The fourth-order valence-corrected chi connectivity index (χ4v) is 2.45. The van der Waals surface area contributed by atoms with Crippen LogP contribution in [0.2, 0.25) is 0 Å². The van der Waals surface area contributed by atoms with Crippen molar-refractivity contribution in [1.29, 1.82) is 0 Å². The monoisotopic (exact) mass is 279 g/mol. The van der Waals surface area contributed by atoms with Gasteiger partial charge in [-0.15, -0.1) is 0 Å². The zero-order valence-electron chi connectivity index (χ0n) is 12.1. The van der Waals surface area contributed by atoms with E-state index in [9.17, 15) is 9.90 Å². The average Bonchev–Trinajstić information content (AvgIpc) is 2.35. The van der Waals surface area contributed by atoms with Crippen LogP contribution in [0.15, 0.2) is 6.07 Å². The minimum absolute atomic E-state index is 0.0733. The predicted molar refractivity (Wildman–Crippen MR) is 76.4 cm³/mol. The molecule has 0 amide bonds. The van der Waals surface area contributed by atoms with E-state index in [2.05, 4.69) is 22.2 Å². The summed E-state index contributed by atoms with van der Waals surface area (Å²) in [5, 5.41) is 12.5. The van der Waals surface area contributed by atoms with Crippen molar-refractivity contribution >= 4 is 11.7 Å². The maximum Gasteiger partial charge on any atom is 0.339 e. The van der Waals surface area contributed by atoms with Crippen LogP contribution >= 0.6 is 0 Å². The number of rotatable bonds is 4. The quantitative estimate of drug-likeness (QED) is 0.861. The van der Waals surface area contributed by atoms with E-state index in [0.29, 0.717) is 24.5 Å². The van der Waals surface area contributed by atoms with Gasteiger partial charge in [0.05, 0.1) is 24.1 Å². The Balaban J connectivity index is 2.10. The molecule has 1 aromatic heterocycles. The van der Waals surface area contributed by atoms with Gasteiger partial charge in [-0.3, -0.25) is 4.98 Å². The summed E-state index contributed by atoms with van der Waals surface area (Å²) in [6, 6.07) is 1.77. The Morgan fingerprint density at radius 3 is 3.00 bits per heavy atom. The Morgan fingerprint density at radius 1 is 1.60 bits per heavy atom. The number of ether oxygens (including phenoxy) is 1. The molecule has 1 saturated heterocycles. The van der Waals surface area contributed by atoms with Gasteiger partial charge in [0.25, 0.3) is 0 Å². The van der Waals surface area contributed by atoms with Crippen LogP contribution in [0.1, 0.15) is 21.7 Å². The van der Waals surface area contributed by atoms with Crippen molar-refractivity contribution in [3.05, 3.63) is 23.0 Å². The largest absolute Gasteiger partial charge is 0.478 e. The summed E-state index contributed by atoms with van der Waals surface area (Å²) in [5.74, 6) is -0.959. The number of hydrogen-bond acceptors (Lipinski definition) is 5. The van der Waals surface area contributed by atoms with Crippen LogP contribution in [0.5, 0.6) is 0 Å². The lowest BCUT2D eigenvalue weighted by molar-refractivity contribution is -0.0117. The molecule has 6 heteroatoms. The Hall–Kier alpha value is -1.66. The number of anilines is 1. The molecule has 0 saturated carbocycles. The first-order valence-electron chi connectivity index (χ1n) is 6.73. The third-order valence-electron chi connectivity index (χ3n) is 3.40. The van der Waals surface area contributed by atoms with E-state index in [0.717, 1.165) is 18.8 Å². The Morgan fingerprint density at radius 2 is 2.35 bits per heavy atom. The number of likely N-dealkylation sites (N-methyl/N-ethyl adjacent to an activating group) is 1. The second-order valence-corrected chi connectivity index (χ2v) is 5.21. The van der Waals surface area contributed by atoms with Gasteiger partial charge < -0.3 is 20.1 Å². The van der Waals surface area contributed by atoms with E-state index in [1.54, 1.807) is 13.0 Å². The van der Waals surface area contributed by atoms with E-state index < -0.39 is 5.97 Å². The highest BCUT2D eigenvalue weighted by Gasteiger charge is 2.20. The zero-order valence-corrected chi connectivity index (χ0v) is 12.1. The maximum absolute atomic E-state index is 11.3. The van der Waals surface area contributed by atoms with Gasteiger partial charge in [-0.05, 0) is 27.0 Å². The van der Waals surface area contributed by atoms with Crippen molar-refractivity contribution in [3.63, 3.8) is 0 Å². The first kappa shape index (κ1) is 14.7. The van der Waals surface area contributed by atoms with Crippen LogP contribution in [-0.2, 0) is 4.74 Å². The molecule has 20 heavy (non-hydrogen) atoms. The topological polar surface area (TPSA) is 74.7 Å². The van der Waals surface area contributed by atoms with E-state index in [1.807, 2.05) is 6.92 Å². The first-order chi connectivity index (χ1) is 9.47. The molecule has 2 rings (SSSR count). The summed E-state index contributed by atoms with van der Waals surface area (Å²) in [6.07, 6.45) is 0.0733. The van der Waals surface area contributed by atoms with Gasteiger partial charge in [0.15, 0.2) is 0 Å². The summed E-state index contributed by atoms with van der Waals surface area (Å²) >= 11 is 0. The van der Waals surface area contributed by atoms with Crippen molar-refractivity contribution in [3.8, 4) is 0 Å². The van der Waals surface area contributed by atoms with Crippen LogP contribution < -0.4 is 5.32 Å².